The van der Waals surface area contributed by atoms with Crippen molar-refractivity contribution in [2.75, 3.05) is 0 Å². The second-order valence-corrected chi connectivity index (χ2v) is 6.83. The van der Waals surface area contributed by atoms with Crippen molar-refractivity contribution in [3.63, 3.8) is 0 Å². The number of aromatic nitrogens is 2. The Morgan fingerprint density at radius 3 is 3.25 bits per heavy atom. The fourth-order valence-electron chi connectivity index (χ4n) is 3.18. The number of hydrogen-bond donors (Lipinski definition) is 1. The number of aryl methyl sites for hydroxylation is 2. The van der Waals surface area contributed by atoms with Gasteiger partial charge < -0.3 is 5.73 Å². The fraction of sp³-hybridized carbons (Fsp3) is 0.533. The number of nitrogens with zero attached hydrogens (tertiary/aromatic N) is 2. The van der Waals surface area contributed by atoms with Crippen LogP contribution in [0.2, 0.25) is 5.02 Å². The quantitative estimate of drug-likeness (QED) is 0.923. The van der Waals surface area contributed by atoms with Crippen molar-refractivity contribution < 1.29 is 0 Å². The smallest absolute Gasteiger partial charge is 0.0834 e. The Morgan fingerprint density at radius 1 is 1.60 bits per heavy atom. The van der Waals surface area contributed by atoms with Gasteiger partial charge in [0.25, 0.3) is 0 Å². The van der Waals surface area contributed by atoms with Crippen LogP contribution in [-0.4, -0.2) is 9.78 Å². The lowest BCUT2D eigenvalue weighted by atomic mass is 9.81. The summed E-state index contributed by atoms with van der Waals surface area (Å²) in [4.78, 5) is 1.49. The normalized spacial score (nSPS) is 19.9. The lowest BCUT2D eigenvalue weighted by Crippen LogP contribution is -2.25. The van der Waals surface area contributed by atoms with E-state index < -0.39 is 0 Å². The predicted octanol–water partition coefficient (Wildman–Crippen LogP) is 4.13. The Kier molecular flexibility index (Phi) is 4.15. The molecule has 0 amide bonds. The van der Waals surface area contributed by atoms with E-state index in [1.165, 1.54) is 23.3 Å². The number of hydrogen-bond acceptors (Lipinski definition) is 3. The summed E-state index contributed by atoms with van der Waals surface area (Å²) < 4.78 is 1.98. The van der Waals surface area contributed by atoms with Gasteiger partial charge in [-0.1, -0.05) is 18.5 Å². The molecule has 0 saturated heterocycles. The van der Waals surface area contributed by atoms with Crippen LogP contribution in [0, 0.1) is 0 Å². The zero-order valence-electron chi connectivity index (χ0n) is 11.7. The minimum atomic E-state index is -0.0646. The van der Waals surface area contributed by atoms with Crippen molar-refractivity contribution in [3.05, 3.63) is 38.8 Å². The van der Waals surface area contributed by atoms with E-state index in [2.05, 4.69) is 23.5 Å². The predicted molar refractivity (Wildman–Crippen MR) is 84.5 cm³/mol. The molecule has 3 nitrogen and oxygen atoms in total. The van der Waals surface area contributed by atoms with Gasteiger partial charge in [-0.2, -0.15) is 5.10 Å². The summed E-state index contributed by atoms with van der Waals surface area (Å²) in [5.74, 6) is 0.370. The summed E-state index contributed by atoms with van der Waals surface area (Å²) in [6.07, 6.45) is 6.30. The van der Waals surface area contributed by atoms with Gasteiger partial charge in [0.15, 0.2) is 0 Å². The van der Waals surface area contributed by atoms with Gasteiger partial charge in [0, 0.05) is 17.3 Å². The SMILES string of the molecule is CCCn1ncc(Cl)c1C(N)C1CCCc2sccc21. The third-order valence-corrected chi connectivity index (χ3v) is 5.40. The molecule has 0 saturated carbocycles. The highest BCUT2D eigenvalue weighted by Gasteiger charge is 2.30. The van der Waals surface area contributed by atoms with Crippen molar-refractivity contribution in [2.24, 2.45) is 5.73 Å². The first-order valence-corrected chi connectivity index (χ1v) is 8.51. The number of rotatable bonds is 4. The molecule has 0 radical (unpaired) electrons. The molecule has 0 aliphatic heterocycles. The van der Waals surface area contributed by atoms with Crippen LogP contribution >= 0.6 is 22.9 Å². The molecule has 1 aliphatic carbocycles. The standard InChI is InChI=1S/C15H20ClN3S/c1-2-7-19-15(12(16)9-18-19)14(17)11-4-3-5-13-10(11)6-8-20-13/h6,8-9,11,14H,2-5,7,17H2,1H3. The summed E-state index contributed by atoms with van der Waals surface area (Å²) in [5.41, 5.74) is 9.00. The maximum atomic E-state index is 6.58. The molecular formula is C15H20ClN3S. The van der Waals surface area contributed by atoms with E-state index in [1.54, 1.807) is 6.20 Å². The van der Waals surface area contributed by atoms with Crippen LogP contribution in [0.4, 0.5) is 0 Å². The summed E-state index contributed by atoms with van der Waals surface area (Å²) >= 11 is 8.19. The lowest BCUT2D eigenvalue weighted by molar-refractivity contribution is 0.443. The Morgan fingerprint density at radius 2 is 2.45 bits per heavy atom. The number of thiophene rings is 1. The van der Waals surface area contributed by atoms with Gasteiger partial charge in [0.2, 0.25) is 0 Å². The van der Waals surface area contributed by atoms with E-state index in [0.29, 0.717) is 10.9 Å². The highest BCUT2D eigenvalue weighted by atomic mass is 35.5. The van der Waals surface area contributed by atoms with Crippen molar-refractivity contribution in [1.29, 1.82) is 0 Å². The van der Waals surface area contributed by atoms with Gasteiger partial charge in [0.05, 0.1) is 23.0 Å². The van der Waals surface area contributed by atoms with E-state index in [1.807, 2.05) is 16.0 Å². The fourth-order valence-corrected chi connectivity index (χ4v) is 4.44. The molecule has 0 bridgehead atoms. The van der Waals surface area contributed by atoms with E-state index in [0.717, 1.165) is 25.1 Å². The van der Waals surface area contributed by atoms with Crippen LogP contribution in [0.3, 0.4) is 0 Å². The van der Waals surface area contributed by atoms with Gasteiger partial charge in [-0.3, -0.25) is 4.68 Å². The summed E-state index contributed by atoms with van der Waals surface area (Å²) in [7, 11) is 0. The molecule has 2 aromatic heterocycles. The Bertz CT molecular complexity index is 590. The first-order valence-electron chi connectivity index (χ1n) is 7.25. The first-order chi connectivity index (χ1) is 9.72. The monoisotopic (exact) mass is 309 g/mol. The van der Waals surface area contributed by atoms with Crippen molar-refractivity contribution >= 4 is 22.9 Å². The van der Waals surface area contributed by atoms with Crippen LogP contribution in [0.1, 0.15) is 54.3 Å². The van der Waals surface area contributed by atoms with E-state index in [-0.39, 0.29) is 6.04 Å². The maximum absolute atomic E-state index is 6.58. The third-order valence-electron chi connectivity index (χ3n) is 4.12. The average Bonchev–Trinajstić information content (AvgIpc) is 3.05. The Hall–Kier alpha value is -0.840. The van der Waals surface area contributed by atoms with Crippen LogP contribution in [0.25, 0.3) is 0 Å². The minimum Gasteiger partial charge on any atom is -0.322 e. The van der Waals surface area contributed by atoms with Crippen LogP contribution in [0.15, 0.2) is 17.6 Å². The summed E-state index contributed by atoms with van der Waals surface area (Å²) in [6.45, 7) is 3.02. The molecule has 2 N–H and O–H groups in total. The lowest BCUT2D eigenvalue weighted by Gasteiger charge is -2.28. The summed E-state index contributed by atoms with van der Waals surface area (Å²) in [6, 6.07) is 2.17. The van der Waals surface area contributed by atoms with Crippen molar-refractivity contribution in [1.82, 2.24) is 9.78 Å². The molecule has 108 valence electrons. The zero-order valence-corrected chi connectivity index (χ0v) is 13.3. The van der Waals surface area contributed by atoms with Gasteiger partial charge in [-0.05, 0) is 42.7 Å². The average molecular weight is 310 g/mol. The third kappa shape index (κ3) is 2.41. The van der Waals surface area contributed by atoms with Gasteiger partial charge in [-0.25, -0.2) is 0 Å². The van der Waals surface area contributed by atoms with Crippen LogP contribution < -0.4 is 5.73 Å². The number of nitrogens with two attached hydrogens (primary N) is 1. The Labute approximate surface area is 128 Å². The van der Waals surface area contributed by atoms with Gasteiger partial charge in [-0.15, -0.1) is 11.3 Å². The molecule has 2 aromatic rings. The molecule has 2 unspecified atom stereocenters. The molecule has 0 spiro atoms. The number of fused-ring (bicyclic) bond motifs is 1. The largest absolute Gasteiger partial charge is 0.322 e. The van der Waals surface area contributed by atoms with Crippen molar-refractivity contribution in [2.45, 2.75) is 51.1 Å². The zero-order chi connectivity index (χ0) is 14.1. The second-order valence-electron chi connectivity index (χ2n) is 5.42. The van der Waals surface area contributed by atoms with Gasteiger partial charge >= 0.3 is 0 Å². The van der Waals surface area contributed by atoms with E-state index in [4.69, 9.17) is 17.3 Å². The van der Waals surface area contributed by atoms with E-state index in [9.17, 15) is 0 Å². The molecule has 1 aliphatic rings. The summed E-state index contributed by atoms with van der Waals surface area (Å²) in [5, 5.41) is 7.26. The van der Waals surface area contributed by atoms with Crippen molar-refractivity contribution in [3.8, 4) is 0 Å². The minimum absolute atomic E-state index is 0.0646. The highest BCUT2D eigenvalue weighted by Crippen LogP contribution is 2.42. The molecular weight excluding hydrogens is 290 g/mol. The molecule has 2 heterocycles. The van der Waals surface area contributed by atoms with Crippen LogP contribution in [0.5, 0.6) is 0 Å². The molecule has 5 heteroatoms. The Balaban J connectivity index is 1.94. The van der Waals surface area contributed by atoms with E-state index >= 15 is 0 Å². The molecule has 0 aromatic carbocycles. The first kappa shape index (κ1) is 14.1. The molecule has 2 atom stereocenters. The van der Waals surface area contributed by atoms with Gasteiger partial charge in [0.1, 0.15) is 0 Å². The topological polar surface area (TPSA) is 43.8 Å². The van der Waals surface area contributed by atoms with Crippen LogP contribution in [-0.2, 0) is 13.0 Å². The molecule has 0 fully saturated rings. The number of halogens is 1. The highest BCUT2D eigenvalue weighted by molar-refractivity contribution is 7.10. The molecule has 3 rings (SSSR count). The maximum Gasteiger partial charge on any atom is 0.0834 e. The molecule has 20 heavy (non-hydrogen) atoms. The second kappa shape index (κ2) is 5.88.